The first-order valence-corrected chi connectivity index (χ1v) is 7.43. The molecule has 1 aromatic heterocycles. The van der Waals surface area contributed by atoms with Crippen LogP contribution in [-0.4, -0.2) is 38.2 Å². The molecule has 2 aromatic rings. The summed E-state index contributed by atoms with van der Waals surface area (Å²) in [5.74, 6) is 1.10. The van der Waals surface area contributed by atoms with Crippen LogP contribution in [0.4, 0.5) is 0 Å². The molecule has 0 spiro atoms. The van der Waals surface area contributed by atoms with E-state index in [1.807, 2.05) is 18.2 Å². The van der Waals surface area contributed by atoms with Crippen molar-refractivity contribution in [1.82, 2.24) is 14.8 Å². The molecule has 2 rings (SSSR count). The largest absolute Gasteiger partial charge is 0.497 e. The number of carbonyl (C=O) groups is 1. The van der Waals surface area contributed by atoms with Crippen molar-refractivity contribution in [2.45, 2.75) is 23.9 Å². The number of carboxylic acid groups (broad SMARTS) is 1. The second kappa shape index (κ2) is 7.17. The van der Waals surface area contributed by atoms with Crippen molar-refractivity contribution < 1.29 is 19.4 Å². The quantitative estimate of drug-likeness (QED) is 0.779. The molecule has 1 aromatic carbocycles. The van der Waals surface area contributed by atoms with Crippen LogP contribution in [0.2, 0.25) is 0 Å². The van der Waals surface area contributed by atoms with Crippen molar-refractivity contribution in [1.29, 1.82) is 0 Å². The van der Waals surface area contributed by atoms with Crippen LogP contribution < -0.4 is 9.47 Å². The fraction of sp³-hybridized carbons (Fsp3) is 0.357. The molecule has 0 aliphatic heterocycles. The van der Waals surface area contributed by atoms with Gasteiger partial charge in [0.15, 0.2) is 11.0 Å². The van der Waals surface area contributed by atoms with E-state index in [4.69, 9.17) is 14.6 Å². The molecule has 22 heavy (non-hydrogen) atoms. The van der Waals surface area contributed by atoms with Crippen molar-refractivity contribution in [3.05, 3.63) is 30.1 Å². The molecule has 0 fully saturated rings. The molecule has 1 unspecified atom stereocenters. The van der Waals surface area contributed by atoms with Gasteiger partial charge in [-0.1, -0.05) is 17.8 Å². The Balaban J connectivity index is 2.01. The summed E-state index contributed by atoms with van der Waals surface area (Å²) in [5, 5.41) is 16.9. The van der Waals surface area contributed by atoms with Gasteiger partial charge in [-0.2, -0.15) is 0 Å². The molecule has 0 radical (unpaired) electrons. The molecular weight excluding hydrogens is 306 g/mol. The number of benzene rings is 1. The minimum Gasteiger partial charge on any atom is -0.497 e. The molecule has 0 saturated heterocycles. The van der Waals surface area contributed by atoms with E-state index in [1.54, 1.807) is 31.7 Å². The monoisotopic (exact) mass is 323 g/mol. The van der Waals surface area contributed by atoms with Crippen molar-refractivity contribution in [2.24, 2.45) is 7.05 Å². The number of aliphatic carboxylic acids is 1. The normalized spacial score (nSPS) is 12.0. The number of nitrogens with zero attached hydrogens (tertiary/aromatic N) is 3. The van der Waals surface area contributed by atoms with Gasteiger partial charge in [-0.05, 0) is 19.1 Å². The van der Waals surface area contributed by atoms with E-state index in [-0.39, 0.29) is 6.61 Å². The van der Waals surface area contributed by atoms with E-state index in [9.17, 15) is 4.79 Å². The summed E-state index contributed by atoms with van der Waals surface area (Å²) in [4.78, 5) is 10.9. The Morgan fingerprint density at radius 3 is 2.82 bits per heavy atom. The standard InChI is InChI=1S/C14H17N3O4S/c1-9(13(18)19)22-14-16-15-12(17(14)2)8-21-11-6-4-5-10(7-11)20-3/h4-7,9H,8H2,1-3H3,(H,18,19). The summed E-state index contributed by atoms with van der Waals surface area (Å²) in [6.45, 7) is 1.84. The number of aromatic nitrogens is 3. The average molecular weight is 323 g/mol. The third-order valence-electron chi connectivity index (χ3n) is 2.96. The lowest BCUT2D eigenvalue weighted by Crippen LogP contribution is -2.12. The molecule has 7 nitrogen and oxygen atoms in total. The third-order valence-corrected chi connectivity index (χ3v) is 4.09. The van der Waals surface area contributed by atoms with Crippen LogP contribution in [0.1, 0.15) is 12.7 Å². The summed E-state index contributed by atoms with van der Waals surface area (Å²) in [5.41, 5.74) is 0. The minimum absolute atomic E-state index is 0.235. The van der Waals surface area contributed by atoms with Crippen molar-refractivity contribution in [3.63, 3.8) is 0 Å². The van der Waals surface area contributed by atoms with Gasteiger partial charge in [-0.15, -0.1) is 10.2 Å². The summed E-state index contributed by atoms with van der Waals surface area (Å²) < 4.78 is 12.5. The summed E-state index contributed by atoms with van der Waals surface area (Å²) in [6.07, 6.45) is 0. The Kier molecular flexibility index (Phi) is 5.26. The summed E-state index contributed by atoms with van der Waals surface area (Å²) >= 11 is 1.14. The van der Waals surface area contributed by atoms with Gasteiger partial charge in [0.25, 0.3) is 0 Å². The van der Waals surface area contributed by atoms with E-state index in [0.717, 1.165) is 11.8 Å². The Labute approximate surface area is 132 Å². The summed E-state index contributed by atoms with van der Waals surface area (Å²) in [7, 11) is 3.37. The van der Waals surface area contributed by atoms with Gasteiger partial charge >= 0.3 is 5.97 Å². The highest BCUT2D eigenvalue weighted by Gasteiger charge is 2.18. The van der Waals surface area contributed by atoms with Crippen LogP contribution in [0, 0.1) is 0 Å². The van der Waals surface area contributed by atoms with Gasteiger partial charge < -0.3 is 19.1 Å². The van der Waals surface area contributed by atoms with Crippen molar-refractivity contribution >= 4 is 17.7 Å². The van der Waals surface area contributed by atoms with Gasteiger partial charge in [0.05, 0.1) is 7.11 Å². The van der Waals surface area contributed by atoms with Gasteiger partial charge in [0, 0.05) is 13.1 Å². The molecule has 0 aliphatic rings. The van der Waals surface area contributed by atoms with Crippen LogP contribution in [0.3, 0.4) is 0 Å². The first kappa shape index (κ1) is 16.2. The molecule has 1 heterocycles. The first-order chi connectivity index (χ1) is 10.5. The topological polar surface area (TPSA) is 86.5 Å². The third kappa shape index (κ3) is 3.91. The highest BCUT2D eigenvalue weighted by Crippen LogP contribution is 2.23. The lowest BCUT2D eigenvalue weighted by molar-refractivity contribution is -0.136. The fourth-order valence-electron chi connectivity index (χ4n) is 1.62. The van der Waals surface area contributed by atoms with Gasteiger partial charge in [0.2, 0.25) is 0 Å². The molecule has 118 valence electrons. The molecule has 0 aliphatic carbocycles. The van der Waals surface area contributed by atoms with E-state index >= 15 is 0 Å². The van der Waals surface area contributed by atoms with E-state index in [0.29, 0.717) is 22.5 Å². The zero-order valence-corrected chi connectivity index (χ0v) is 13.3. The Morgan fingerprint density at radius 1 is 1.41 bits per heavy atom. The van der Waals surface area contributed by atoms with Crippen LogP contribution in [-0.2, 0) is 18.4 Å². The molecular formula is C14H17N3O4S. The second-order valence-corrected chi connectivity index (χ2v) is 5.83. The average Bonchev–Trinajstić information content (AvgIpc) is 2.86. The second-order valence-electron chi connectivity index (χ2n) is 4.52. The molecule has 1 N–H and O–H groups in total. The number of rotatable bonds is 7. The molecule has 0 amide bonds. The van der Waals surface area contributed by atoms with E-state index in [1.165, 1.54) is 0 Å². The van der Waals surface area contributed by atoms with E-state index in [2.05, 4.69) is 10.2 Å². The zero-order valence-electron chi connectivity index (χ0n) is 12.5. The van der Waals surface area contributed by atoms with Crippen LogP contribution >= 0.6 is 11.8 Å². The number of methoxy groups -OCH3 is 1. The lowest BCUT2D eigenvalue weighted by atomic mass is 10.3. The first-order valence-electron chi connectivity index (χ1n) is 6.56. The lowest BCUT2D eigenvalue weighted by Gasteiger charge is -2.08. The Morgan fingerprint density at radius 2 is 2.14 bits per heavy atom. The van der Waals surface area contributed by atoms with Crippen molar-refractivity contribution in [2.75, 3.05) is 7.11 Å². The predicted octanol–water partition coefficient (Wildman–Crippen LogP) is 1.97. The number of carboxylic acids is 1. The SMILES string of the molecule is COc1cccc(OCc2nnc(SC(C)C(=O)O)n2C)c1. The Bertz CT molecular complexity index is 659. The molecule has 0 bridgehead atoms. The van der Waals surface area contributed by atoms with E-state index < -0.39 is 11.2 Å². The fourth-order valence-corrected chi connectivity index (χ4v) is 2.39. The van der Waals surface area contributed by atoms with Crippen molar-refractivity contribution in [3.8, 4) is 11.5 Å². The number of hydrogen-bond acceptors (Lipinski definition) is 6. The highest BCUT2D eigenvalue weighted by molar-refractivity contribution is 8.00. The van der Waals surface area contributed by atoms with Gasteiger partial charge in [0.1, 0.15) is 23.4 Å². The maximum absolute atomic E-state index is 10.9. The predicted molar refractivity (Wildman–Crippen MR) is 81.3 cm³/mol. The smallest absolute Gasteiger partial charge is 0.316 e. The molecule has 8 heteroatoms. The van der Waals surface area contributed by atoms with Gasteiger partial charge in [-0.25, -0.2) is 0 Å². The Hall–Kier alpha value is -2.22. The van der Waals surface area contributed by atoms with Crippen LogP contribution in [0.5, 0.6) is 11.5 Å². The van der Waals surface area contributed by atoms with Crippen LogP contribution in [0.15, 0.2) is 29.4 Å². The van der Waals surface area contributed by atoms with Crippen LogP contribution in [0.25, 0.3) is 0 Å². The maximum Gasteiger partial charge on any atom is 0.316 e. The highest BCUT2D eigenvalue weighted by atomic mass is 32.2. The molecule has 1 atom stereocenters. The minimum atomic E-state index is -0.887. The zero-order chi connectivity index (χ0) is 16.1. The van der Waals surface area contributed by atoms with Gasteiger partial charge in [-0.3, -0.25) is 4.79 Å². The number of hydrogen-bond donors (Lipinski definition) is 1. The summed E-state index contributed by atoms with van der Waals surface area (Å²) in [6, 6.07) is 7.26. The number of thioether (sulfide) groups is 1. The number of ether oxygens (including phenoxy) is 2. The molecule has 0 saturated carbocycles. The maximum atomic E-state index is 10.9.